The highest BCUT2D eigenvalue weighted by Gasteiger charge is 2.17. The summed E-state index contributed by atoms with van der Waals surface area (Å²) in [6.45, 7) is 3.03. The highest BCUT2D eigenvalue weighted by molar-refractivity contribution is 5.90. The molecular weight excluding hydrogens is 290 g/mol. The summed E-state index contributed by atoms with van der Waals surface area (Å²) < 4.78 is 5.67. The Morgan fingerprint density at radius 2 is 2.13 bits per heavy atom. The van der Waals surface area contributed by atoms with Gasteiger partial charge in [0.05, 0.1) is 11.9 Å². The van der Waals surface area contributed by atoms with E-state index in [4.69, 9.17) is 4.74 Å². The third-order valence-electron chi connectivity index (χ3n) is 3.86. The minimum atomic E-state index is 0.0124. The molecule has 23 heavy (non-hydrogen) atoms. The number of hydrogen-bond donors (Lipinski definition) is 2. The van der Waals surface area contributed by atoms with E-state index < -0.39 is 0 Å². The van der Waals surface area contributed by atoms with E-state index in [1.54, 1.807) is 18.3 Å². The van der Waals surface area contributed by atoms with Crippen LogP contribution in [0.4, 0.5) is 5.69 Å². The van der Waals surface area contributed by atoms with Crippen molar-refractivity contribution in [2.24, 2.45) is 0 Å². The van der Waals surface area contributed by atoms with Crippen LogP contribution >= 0.6 is 0 Å². The number of rotatable bonds is 5. The molecule has 0 radical (unpaired) electrons. The number of nitrogens with zero attached hydrogens (tertiary/aromatic N) is 1. The second kappa shape index (κ2) is 7.24. The lowest BCUT2D eigenvalue weighted by molar-refractivity contribution is -0.116. The van der Waals surface area contributed by atoms with Gasteiger partial charge in [-0.15, -0.1) is 0 Å². The summed E-state index contributed by atoms with van der Waals surface area (Å²) in [5.41, 5.74) is 1.87. The molecule has 1 atom stereocenters. The van der Waals surface area contributed by atoms with Crippen LogP contribution in [0.5, 0.6) is 11.6 Å². The fourth-order valence-corrected chi connectivity index (χ4v) is 2.61. The normalized spacial score (nSPS) is 17.0. The van der Waals surface area contributed by atoms with Crippen LogP contribution in [0.15, 0.2) is 42.6 Å². The van der Waals surface area contributed by atoms with Gasteiger partial charge in [0.1, 0.15) is 5.75 Å². The van der Waals surface area contributed by atoms with Crippen molar-refractivity contribution in [1.82, 2.24) is 10.3 Å². The van der Waals surface area contributed by atoms with Crippen molar-refractivity contribution in [3.63, 3.8) is 0 Å². The number of carbonyl (C=O) groups excluding carboxylic acids is 1. The van der Waals surface area contributed by atoms with Crippen molar-refractivity contribution in [1.29, 1.82) is 0 Å². The van der Waals surface area contributed by atoms with Gasteiger partial charge in [0.25, 0.3) is 0 Å². The van der Waals surface area contributed by atoms with Crippen LogP contribution in [0, 0.1) is 6.92 Å². The van der Waals surface area contributed by atoms with Crippen LogP contribution < -0.4 is 15.4 Å². The van der Waals surface area contributed by atoms with Gasteiger partial charge in [0.15, 0.2) is 0 Å². The van der Waals surface area contributed by atoms with E-state index in [0.29, 0.717) is 24.0 Å². The second-order valence-corrected chi connectivity index (χ2v) is 5.85. The molecule has 1 saturated heterocycles. The van der Waals surface area contributed by atoms with Crippen molar-refractivity contribution < 1.29 is 9.53 Å². The summed E-state index contributed by atoms with van der Waals surface area (Å²) in [7, 11) is 0. The Bertz CT molecular complexity index is 647. The van der Waals surface area contributed by atoms with Gasteiger partial charge < -0.3 is 15.4 Å². The smallest absolute Gasteiger partial charge is 0.225 e. The Morgan fingerprint density at radius 3 is 2.78 bits per heavy atom. The molecule has 0 aliphatic carbocycles. The Morgan fingerprint density at radius 1 is 1.30 bits per heavy atom. The van der Waals surface area contributed by atoms with Gasteiger partial charge in [0, 0.05) is 18.5 Å². The molecule has 1 aromatic heterocycles. The molecule has 0 bridgehead atoms. The molecule has 2 aromatic rings. The first-order valence-electron chi connectivity index (χ1n) is 7.93. The van der Waals surface area contributed by atoms with Crippen molar-refractivity contribution >= 4 is 11.6 Å². The van der Waals surface area contributed by atoms with Crippen LogP contribution in [0.2, 0.25) is 0 Å². The predicted octanol–water partition coefficient (Wildman–Crippen LogP) is 3.26. The third kappa shape index (κ3) is 4.53. The SMILES string of the molecule is Cc1ccc(Oc2ccc(NC(=O)CC3CCCN3)cn2)cc1. The number of nitrogens with one attached hydrogen (secondary N) is 2. The Hall–Kier alpha value is -2.40. The minimum absolute atomic E-state index is 0.0124. The molecule has 1 unspecified atom stereocenters. The summed E-state index contributed by atoms with van der Waals surface area (Å²) in [5, 5.41) is 6.19. The summed E-state index contributed by atoms with van der Waals surface area (Å²) >= 11 is 0. The average Bonchev–Trinajstić information content (AvgIpc) is 3.04. The van der Waals surface area contributed by atoms with Gasteiger partial charge in [0.2, 0.25) is 11.8 Å². The third-order valence-corrected chi connectivity index (χ3v) is 3.86. The number of aryl methyl sites for hydroxylation is 1. The van der Waals surface area contributed by atoms with E-state index in [2.05, 4.69) is 15.6 Å². The van der Waals surface area contributed by atoms with Gasteiger partial charge in [-0.3, -0.25) is 4.79 Å². The lowest BCUT2D eigenvalue weighted by Crippen LogP contribution is -2.27. The van der Waals surface area contributed by atoms with Crippen LogP contribution in [-0.2, 0) is 4.79 Å². The fraction of sp³-hybridized carbons (Fsp3) is 0.333. The standard InChI is InChI=1S/C18H21N3O2/c1-13-4-7-16(8-5-13)23-18-9-6-15(12-20-18)21-17(22)11-14-3-2-10-19-14/h4-9,12,14,19H,2-3,10-11H2,1H3,(H,21,22). The van der Waals surface area contributed by atoms with E-state index in [1.807, 2.05) is 31.2 Å². The number of amides is 1. The molecule has 5 heteroatoms. The molecule has 1 aliphatic rings. The first-order chi connectivity index (χ1) is 11.2. The molecule has 1 fully saturated rings. The number of aromatic nitrogens is 1. The number of carbonyl (C=O) groups is 1. The van der Waals surface area contributed by atoms with Crippen LogP contribution in [0.25, 0.3) is 0 Å². The summed E-state index contributed by atoms with van der Waals surface area (Å²) in [5.74, 6) is 1.26. The lowest BCUT2D eigenvalue weighted by Gasteiger charge is -2.10. The maximum atomic E-state index is 12.0. The van der Waals surface area contributed by atoms with E-state index >= 15 is 0 Å². The largest absolute Gasteiger partial charge is 0.439 e. The summed E-state index contributed by atoms with van der Waals surface area (Å²) in [4.78, 5) is 16.2. The highest BCUT2D eigenvalue weighted by Crippen LogP contribution is 2.21. The van der Waals surface area contributed by atoms with Crippen molar-refractivity contribution in [3.8, 4) is 11.6 Å². The Labute approximate surface area is 136 Å². The number of benzene rings is 1. The first kappa shape index (κ1) is 15.5. The Kier molecular flexibility index (Phi) is 4.88. The first-order valence-corrected chi connectivity index (χ1v) is 7.93. The van der Waals surface area contributed by atoms with Crippen LogP contribution in [0.3, 0.4) is 0 Å². The van der Waals surface area contributed by atoms with Crippen LogP contribution in [-0.4, -0.2) is 23.5 Å². The number of ether oxygens (including phenoxy) is 1. The van der Waals surface area contributed by atoms with Crippen molar-refractivity contribution in [3.05, 3.63) is 48.2 Å². The number of hydrogen-bond acceptors (Lipinski definition) is 4. The molecule has 0 saturated carbocycles. The van der Waals surface area contributed by atoms with Gasteiger partial charge in [-0.05, 0) is 44.5 Å². The molecule has 120 valence electrons. The second-order valence-electron chi connectivity index (χ2n) is 5.85. The zero-order valence-corrected chi connectivity index (χ0v) is 13.2. The lowest BCUT2D eigenvalue weighted by atomic mass is 10.1. The van der Waals surface area contributed by atoms with E-state index in [9.17, 15) is 4.79 Å². The van der Waals surface area contributed by atoms with E-state index in [0.717, 1.165) is 25.1 Å². The van der Waals surface area contributed by atoms with Gasteiger partial charge >= 0.3 is 0 Å². The van der Waals surface area contributed by atoms with Gasteiger partial charge in [-0.25, -0.2) is 4.98 Å². The predicted molar refractivity (Wildman–Crippen MR) is 89.8 cm³/mol. The number of pyridine rings is 1. The molecule has 3 rings (SSSR count). The molecule has 1 aliphatic heterocycles. The quantitative estimate of drug-likeness (QED) is 0.889. The minimum Gasteiger partial charge on any atom is -0.439 e. The highest BCUT2D eigenvalue weighted by atomic mass is 16.5. The van der Waals surface area contributed by atoms with Gasteiger partial charge in [-0.2, -0.15) is 0 Å². The van der Waals surface area contributed by atoms with E-state index in [-0.39, 0.29) is 5.91 Å². The Balaban J connectivity index is 1.54. The van der Waals surface area contributed by atoms with Gasteiger partial charge in [-0.1, -0.05) is 17.7 Å². The monoisotopic (exact) mass is 311 g/mol. The molecule has 1 aromatic carbocycles. The fourth-order valence-electron chi connectivity index (χ4n) is 2.61. The topological polar surface area (TPSA) is 63.2 Å². The summed E-state index contributed by atoms with van der Waals surface area (Å²) in [6.07, 6.45) is 4.32. The molecular formula is C18H21N3O2. The maximum Gasteiger partial charge on any atom is 0.225 e. The summed E-state index contributed by atoms with van der Waals surface area (Å²) in [6, 6.07) is 11.6. The average molecular weight is 311 g/mol. The molecule has 2 N–H and O–H groups in total. The number of anilines is 1. The van der Waals surface area contributed by atoms with E-state index in [1.165, 1.54) is 5.56 Å². The molecule has 1 amide bonds. The van der Waals surface area contributed by atoms with Crippen molar-refractivity contribution in [2.45, 2.75) is 32.2 Å². The molecule has 5 nitrogen and oxygen atoms in total. The molecule has 2 heterocycles. The molecule has 0 spiro atoms. The van der Waals surface area contributed by atoms with Crippen molar-refractivity contribution in [2.75, 3.05) is 11.9 Å². The zero-order chi connectivity index (χ0) is 16.1. The maximum absolute atomic E-state index is 12.0. The zero-order valence-electron chi connectivity index (χ0n) is 13.2. The van der Waals surface area contributed by atoms with Crippen LogP contribution in [0.1, 0.15) is 24.8 Å².